The summed E-state index contributed by atoms with van der Waals surface area (Å²) in [5, 5.41) is 8.42. The third kappa shape index (κ3) is 5.70. The van der Waals surface area contributed by atoms with Gasteiger partial charge >= 0.3 is 5.97 Å². The molecule has 0 amide bonds. The van der Waals surface area contributed by atoms with Crippen molar-refractivity contribution < 1.29 is 19.4 Å². The molecule has 0 radical (unpaired) electrons. The highest BCUT2D eigenvalue weighted by Crippen LogP contribution is 2.04. The van der Waals surface area contributed by atoms with Crippen LogP contribution in [0.25, 0.3) is 0 Å². The van der Waals surface area contributed by atoms with Crippen LogP contribution in [0, 0.1) is 0 Å². The molecule has 0 aromatic carbocycles. The van der Waals surface area contributed by atoms with Crippen molar-refractivity contribution in [2.24, 2.45) is 0 Å². The van der Waals surface area contributed by atoms with Gasteiger partial charge in [0.05, 0.1) is 0 Å². The maximum absolute atomic E-state index is 11.3. The number of rotatable bonds is 8. The summed E-state index contributed by atoms with van der Waals surface area (Å²) in [5.41, 5.74) is 0. The van der Waals surface area contributed by atoms with Gasteiger partial charge in [0.1, 0.15) is 12.5 Å². The van der Waals surface area contributed by atoms with Crippen molar-refractivity contribution >= 4 is 11.8 Å². The third-order valence-electron chi connectivity index (χ3n) is 1.87. The van der Waals surface area contributed by atoms with Gasteiger partial charge in [-0.3, -0.25) is 9.59 Å². The van der Waals surface area contributed by atoms with E-state index in [4.69, 9.17) is 9.84 Å². The van der Waals surface area contributed by atoms with E-state index in [1.807, 2.05) is 13.8 Å². The first-order chi connectivity index (χ1) is 6.61. The Kier molecular flexibility index (Phi) is 7.02. The van der Waals surface area contributed by atoms with Crippen LogP contribution in [-0.2, 0) is 14.3 Å². The number of unbranched alkanes of at least 4 members (excludes halogenated alkanes) is 1. The first kappa shape index (κ1) is 13.1. The Morgan fingerprint density at radius 3 is 2.43 bits per heavy atom. The van der Waals surface area contributed by atoms with E-state index in [0.29, 0.717) is 13.0 Å². The number of Topliss-reactive ketones (excluding diaryl/α,β-unsaturated/α-hetero) is 1. The summed E-state index contributed by atoms with van der Waals surface area (Å²) < 4.78 is 5.28. The lowest BCUT2D eigenvalue weighted by Crippen LogP contribution is -2.26. The Morgan fingerprint density at radius 1 is 1.36 bits per heavy atom. The van der Waals surface area contributed by atoms with Gasteiger partial charge in [-0.05, 0) is 12.8 Å². The van der Waals surface area contributed by atoms with Crippen LogP contribution in [-0.4, -0.2) is 29.6 Å². The smallest absolute Gasteiger partial charge is 0.310 e. The van der Waals surface area contributed by atoms with Gasteiger partial charge in [0.25, 0.3) is 0 Å². The molecule has 0 aromatic rings. The van der Waals surface area contributed by atoms with Crippen LogP contribution in [0.3, 0.4) is 0 Å². The zero-order valence-corrected chi connectivity index (χ0v) is 8.78. The number of carbonyl (C=O) groups is 2. The number of ether oxygens (including phenoxy) is 1. The largest absolute Gasteiger partial charge is 0.481 e. The zero-order valence-electron chi connectivity index (χ0n) is 8.78. The minimum absolute atomic E-state index is 0.337. The topological polar surface area (TPSA) is 63.6 Å². The van der Waals surface area contributed by atoms with Crippen molar-refractivity contribution in [3.05, 3.63) is 0 Å². The van der Waals surface area contributed by atoms with E-state index in [2.05, 4.69) is 0 Å². The number of carboxylic acid groups (broad SMARTS) is 1. The molecule has 0 aliphatic carbocycles. The Balaban J connectivity index is 3.86. The SMILES string of the molecule is CCCCOC(CC)C(=O)CC(=O)O. The van der Waals surface area contributed by atoms with Crippen molar-refractivity contribution in [1.82, 2.24) is 0 Å². The fraction of sp³-hybridized carbons (Fsp3) is 0.800. The molecule has 1 atom stereocenters. The quantitative estimate of drug-likeness (QED) is 0.480. The Bertz CT molecular complexity index is 189. The van der Waals surface area contributed by atoms with Crippen LogP contribution in [0.5, 0.6) is 0 Å². The number of carbonyl (C=O) groups excluding carboxylic acids is 1. The Hall–Kier alpha value is -0.900. The normalized spacial score (nSPS) is 12.4. The van der Waals surface area contributed by atoms with E-state index < -0.39 is 18.5 Å². The minimum Gasteiger partial charge on any atom is -0.481 e. The van der Waals surface area contributed by atoms with E-state index in [1.165, 1.54) is 0 Å². The molecule has 0 bridgehead atoms. The monoisotopic (exact) mass is 202 g/mol. The van der Waals surface area contributed by atoms with Gasteiger partial charge in [-0.15, -0.1) is 0 Å². The van der Waals surface area contributed by atoms with Gasteiger partial charge in [-0.2, -0.15) is 0 Å². The second-order valence-corrected chi connectivity index (χ2v) is 3.16. The molecular weight excluding hydrogens is 184 g/mol. The van der Waals surface area contributed by atoms with Crippen molar-refractivity contribution in [2.45, 2.75) is 45.6 Å². The number of hydrogen-bond donors (Lipinski definition) is 1. The summed E-state index contributed by atoms with van der Waals surface area (Å²) in [6.45, 7) is 4.38. The molecule has 0 aliphatic rings. The van der Waals surface area contributed by atoms with Crippen LogP contribution in [0.2, 0.25) is 0 Å². The Labute approximate surface area is 84.3 Å². The second kappa shape index (κ2) is 7.50. The standard InChI is InChI=1S/C10H18O4/c1-3-5-6-14-9(4-2)8(11)7-10(12)13/h9H,3-7H2,1-2H3,(H,12,13). The summed E-state index contributed by atoms with van der Waals surface area (Å²) in [6, 6.07) is 0. The number of aliphatic carboxylic acids is 1. The molecule has 1 unspecified atom stereocenters. The lowest BCUT2D eigenvalue weighted by molar-refractivity contribution is -0.143. The summed E-state index contributed by atoms with van der Waals surface area (Å²) in [7, 11) is 0. The van der Waals surface area contributed by atoms with Gasteiger partial charge in [-0.25, -0.2) is 0 Å². The molecule has 0 aliphatic heterocycles. The summed E-state index contributed by atoms with van der Waals surface area (Å²) in [5.74, 6) is -1.43. The summed E-state index contributed by atoms with van der Waals surface area (Å²) in [4.78, 5) is 21.6. The first-order valence-electron chi connectivity index (χ1n) is 4.97. The molecule has 4 heteroatoms. The van der Waals surface area contributed by atoms with E-state index >= 15 is 0 Å². The van der Waals surface area contributed by atoms with E-state index in [1.54, 1.807) is 0 Å². The van der Waals surface area contributed by atoms with Gasteiger partial charge in [-0.1, -0.05) is 20.3 Å². The molecule has 0 heterocycles. The fourth-order valence-electron chi connectivity index (χ4n) is 1.07. The molecule has 0 saturated heterocycles. The molecule has 0 rings (SSSR count). The van der Waals surface area contributed by atoms with Crippen LogP contribution in [0.15, 0.2) is 0 Å². The number of ketones is 1. The van der Waals surface area contributed by atoms with Crippen molar-refractivity contribution in [2.75, 3.05) is 6.61 Å². The average Bonchev–Trinajstić information content (AvgIpc) is 2.11. The molecule has 14 heavy (non-hydrogen) atoms. The molecular formula is C10H18O4. The summed E-state index contributed by atoms with van der Waals surface area (Å²) >= 11 is 0. The maximum atomic E-state index is 11.3. The van der Waals surface area contributed by atoms with Crippen LogP contribution >= 0.6 is 0 Å². The van der Waals surface area contributed by atoms with Gasteiger partial charge in [0.2, 0.25) is 0 Å². The molecule has 0 fully saturated rings. The Morgan fingerprint density at radius 2 is 2.00 bits per heavy atom. The van der Waals surface area contributed by atoms with Gasteiger partial charge < -0.3 is 9.84 Å². The molecule has 0 spiro atoms. The predicted octanol–water partition coefficient (Wildman–Crippen LogP) is 1.63. The fourth-order valence-corrected chi connectivity index (χ4v) is 1.07. The summed E-state index contributed by atoms with van der Waals surface area (Å²) in [6.07, 6.45) is 1.46. The highest BCUT2D eigenvalue weighted by Gasteiger charge is 2.19. The predicted molar refractivity (Wildman–Crippen MR) is 52.2 cm³/mol. The average molecular weight is 202 g/mol. The van der Waals surface area contributed by atoms with Crippen molar-refractivity contribution in [3.63, 3.8) is 0 Å². The highest BCUT2D eigenvalue weighted by atomic mass is 16.5. The van der Waals surface area contributed by atoms with Crippen molar-refractivity contribution in [3.8, 4) is 0 Å². The van der Waals surface area contributed by atoms with E-state index in [-0.39, 0.29) is 5.78 Å². The highest BCUT2D eigenvalue weighted by molar-refractivity contribution is 5.97. The van der Waals surface area contributed by atoms with Crippen LogP contribution in [0.1, 0.15) is 39.5 Å². The van der Waals surface area contributed by atoms with Crippen LogP contribution < -0.4 is 0 Å². The molecule has 0 aromatic heterocycles. The molecule has 82 valence electrons. The lowest BCUT2D eigenvalue weighted by atomic mass is 10.1. The third-order valence-corrected chi connectivity index (χ3v) is 1.87. The minimum atomic E-state index is -1.09. The molecule has 1 N–H and O–H groups in total. The zero-order chi connectivity index (χ0) is 11.0. The molecule has 4 nitrogen and oxygen atoms in total. The number of carboxylic acids is 1. The van der Waals surface area contributed by atoms with Crippen molar-refractivity contribution in [1.29, 1.82) is 0 Å². The van der Waals surface area contributed by atoms with Crippen LogP contribution in [0.4, 0.5) is 0 Å². The number of hydrogen-bond acceptors (Lipinski definition) is 3. The van der Waals surface area contributed by atoms with Gasteiger partial charge in [0, 0.05) is 6.61 Å². The first-order valence-corrected chi connectivity index (χ1v) is 4.97. The maximum Gasteiger partial charge on any atom is 0.310 e. The van der Waals surface area contributed by atoms with E-state index in [9.17, 15) is 9.59 Å². The lowest BCUT2D eigenvalue weighted by Gasteiger charge is -2.13. The molecule has 0 saturated carbocycles. The second-order valence-electron chi connectivity index (χ2n) is 3.16. The van der Waals surface area contributed by atoms with Gasteiger partial charge in [0.15, 0.2) is 5.78 Å². The van der Waals surface area contributed by atoms with E-state index in [0.717, 1.165) is 12.8 Å².